The molecule has 2 atom stereocenters. The maximum absolute atomic E-state index is 12.8. The third kappa shape index (κ3) is 3.39. The Bertz CT molecular complexity index is 427. The lowest BCUT2D eigenvalue weighted by atomic mass is 10.1. The zero-order valence-electron chi connectivity index (χ0n) is 13.0. The zero-order chi connectivity index (χ0) is 15.1. The number of carbonyl (C=O) groups excluding carboxylic acids is 1. The highest BCUT2D eigenvalue weighted by Crippen LogP contribution is 2.40. The van der Waals surface area contributed by atoms with Crippen LogP contribution in [0.4, 0.5) is 0 Å². The summed E-state index contributed by atoms with van der Waals surface area (Å²) in [6.45, 7) is 4.13. The molecule has 3 fully saturated rings. The Morgan fingerprint density at radius 3 is 2.05 bits per heavy atom. The summed E-state index contributed by atoms with van der Waals surface area (Å²) in [6, 6.07) is 0.455. The van der Waals surface area contributed by atoms with Gasteiger partial charge in [-0.2, -0.15) is 0 Å². The van der Waals surface area contributed by atoms with Crippen molar-refractivity contribution in [2.45, 2.75) is 76.5 Å². The zero-order valence-corrected chi connectivity index (χ0v) is 13.0. The first-order valence-corrected chi connectivity index (χ1v) is 8.28. The Balaban J connectivity index is 1.65. The van der Waals surface area contributed by atoms with Crippen molar-refractivity contribution < 1.29 is 14.7 Å². The van der Waals surface area contributed by atoms with E-state index >= 15 is 0 Å². The summed E-state index contributed by atoms with van der Waals surface area (Å²) < 4.78 is 0. The number of carboxylic acids is 1. The molecular weight excluding hydrogens is 268 g/mol. The molecule has 5 nitrogen and oxygen atoms in total. The number of aliphatic carboxylic acids is 1. The van der Waals surface area contributed by atoms with Crippen molar-refractivity contribution in [3.63, 3.8) is 0 Å². The molecule has 0 aromatic rings. The number of carbonyl (C=O) groups is 2. The summed E-state index contributed by atoms with van der Waals surface area (Å²) in [6.07, 6.45) is 6.73. The van der Waals surface area contributed by atoms with Crippen LogP contribution in [0, 0.1) is 5.92 Å². The van der Waals surface area contributed by atoms with Crippen LogP contribution in [0.5, 0.6) is 0 Å². The standard InChI is InChI=1S/C16H26N2O3/c1-10(12-3-4-12)18(14-7-8-14)15(19)9-17(13-5-6-13)11(2)16(20)21/h10-14H,3-9H2,1-2H3,(H,20,21). The number of hydrogen-bond acceptors (Lipinski definition) is 3. The molecule has 0 aliphatic heterocycles. The van der Waals surface area contributed by atoms with Crippen LogP contribution in [0.1, 0.15) is 52.4 Å². The fourth-order valence-electron chi connectivity index (χ4n) is 3.29. The summed E-state index contributed by atoms with van der Waals surface area (Å²) in [5.41, 5.74) is 0. The van der Waals surface area contributed by atoms with Crippen molar-refractivity contribution in [3.8, 4) is 0 Å². The molecule has 0 aromatic heterocycles. The van der Waals surface area contributed by atoms with Gasteiger partial charge in [0.1, 0.15) is 6.04 Å². The van der Waals surface area contributed by atoms with E-state index in [1.54, 1.807) is 6.92 Å². The molecule has 0 spiro atoms. The third-order valence-electron chi connectivity index (χ3n) is 5.16. The van der Waals surface area contributed by atoms with Crippen molar-refractivity contribution in [1.82, 2.24) is 9.80 Å². The van der Waals surface area contributed by atoms with Crippen molar-refractivity contribution in [2.24, 2.45) is 5.92 Å². The summed E-state index contributed by atoms with van der Waals surface area (Å²) in [7, 11) is 0. The Hall–Kier alpha value is -1.10. The topological polar surface area (TPSA) is 60.9 Å². The van der Waals surface area contributed by atoms with Gasteiger partial charge in [0, 0.05) is 18.1 Å². The summed E-state index contributed by atoms with van der Waals surface area (Å²) in [5, 5.41) is 9.24. The smallest absolute Gasteiger partial charge is 0.320 e. The Morgan fingerprint density at radius 2 is 1.62 bits per heavy atom. The number of hydrogen-bond donors (Lipinski definition) is 1. The number of nitrogens with zero attached hydrogens (tertiary/aromatic N) is 2. The highest BCUT2D eigenvalue weighted by molar-refractivity contribution is 5.81. The SMILES string of the molecule is CC(C(=O)O)N(CC(=O)N(C1CC1)C(C)C1CC1)C1CC1. The lowest BCUT2D eigenvalue weighted by Gasteiger charge is -2.33. The maximum atomic E-state index is 12.8. The van der Waals surface area contributed by atoms with Gasteiger partial charge in [0.15, 0.2) is 0 Å². The molecule has 1 amide bonds. The van der Waals surface area contributed by atoms with E-state index in [4.69, 9.17) is 0 Å². The highest BCUT2D eigenvalue weighted by atomic mass is 16.4. The average Bonchev–Trinajstić information content (AvgIpc) is 3.29. The fourth-order valence-corrected chi connectivity index (χ4v) is 3.29. The molecule has 0 radical (unpaired) electrons. The number of amides is 1. The minimum absolute atomic E-state index is 0.136. The van der Waals surface area contributed by atoms with E-state index in [9.17, 15) is 14.7 Å². The van der Waals surface area contributed by atoms with Gasteiger partial charge in [0.05, 0.1) is 6.54 Å². The van der Waals surface area contributed by atoms with Gasteiger partial charge in [0.2, 0.25) is 5.91 Å². The van der Waals surface area contributed by atoms with Crippen LogP contribution in [-0.2, 0) is 9.59 Å². The molecule has 2 unspecified atom stereocenters. The molecule has 0 heterocycles. The van der Waals surface area contributed by atoms with Gasteiger partial charge >= 0.3 is 5.97 Å². The second-order valence-corrected chi connectivity index (χ2v) is 7.03. The monoisotopic (exact) mass is 294 g/mol. The van der Waals surface area contributed by atoms with E-state index < -0.39 is 12.0 Å². The lowest BCUT2D eigenvalue weighted by Crippen LogP contribution is -2.50. The first-order chi connectivity index (χ1) is 9.99. The summed E-state index contributed by atoms with van der Waals surface area (Å²) in [4.78, 5) is 28.0. The van der Waals surface area contributed by atoms with Gasteiger partial charge in [-0.3, -0.25) is 14.5 Å². The molecule has 3 saturated carbocycles. The molecular formula is C16H26N2O3. The fraction of sp³-hybridized carbons (Fsp3) is 0.875. The van der Waals surface area contributed by atoms with Gasteiger partial charge in [-0.15, -0.1) is 0 Å². The van der Waals surface area contributed by atoms with Crippen LogP contribution in [0.2, 0.25) is 0 Å². The van der Waals surface area contributed by atoms with Crippen LogP contribution in [-0.4, -0.2) is 57.5 Å². The quantitative estimate of drug-likeness (QED) is 0.740. The van der Waals surface area contributed by atoms with Gasteiger partial charge in [-0.25, -0.2) is 0 Å². The summed E-state index contributed by atoms with van der Waals surface area (Å²) >= 11 is 0. The van der Waals surface area contributed by atoms with Crippen LogP contribution in [0.25, 0.3) is 0 Å². The predicted molar refractivity (Wildman–Crippen MR) is 78.9 cm³/mol. The molecule has 3 aliphatic carbocycles. The van der Waals surface area contributed by atoms with Crippen molar-refractivity contribution in [2.75, 3.05) is 6.54 Å². The number of carboxylic acid groups (broad SMARTS) is 1. The Kier molecular flexibility index (Phi) is 3.95. The van der Waals surface area contributed by atoms with Crippen molar-refractivity contribution in [1.29, 1.82) is 0 Å². The van der Waals surface area contributed by atoms with E-state index in [0.29, 0.717) is 18.0 Å². The van der Waals surface area contributed by atoms with E-state index in [1.807, 2.05) is 4.90 Å². The van der Waals surface area contributed by atoms with E-state index in [1.165, 1.54) is 12.8 Å². The van der Waals surface area contributed by atoms with Gasteiger partial charge in [-0.05, 0) is 58.3 Å². The van der Waals surface area contributed by atoms with Gasteiger partial charge in [0.25, 0.3) is 0 Å². The lowest BCUT2D eigenvalue weighted by molar-refractivity contribution is -0.145. The second kappa shape index (κ2) is 5.59. The van der Waals surface area contributed by atoms with Gasteiger partial charge in [-0.1, -0.05) is 0 Å². The molecule has 0 aromatic carbocycles. The molecule has 3 aliphatic rings. The van der Waals surface area contributed by atoms with Crippen molar-refractivity contribution in [3.05, 3.63) is 0 Å². The van der Waals surface area contributed by atoms with Gasteiger partial charge < -0.3 is 10.0 Å². The second-order valence-electron chi connectivity index (χ2n) is 7.03. The Labute approximate surface area is 126 Å². The highest BCUT2D eigenvalue weighted by Gasteiger charge is 2.43. The predicted octanol–water partition coefficient (Wildman–Crippen LogP) is 1.71. The van der Waals surface area contributed by atoms with Crippen LogP contribution >= 0.6 is 0 Å². The van der Waals surface area contributed by atoms with Crippen LogP contribution in [0.3, 0.4) is 0 Å². The molecule has 0 saturated heterocycles. The van der Waals surface area contributed by atoms with Crippen LogP contribution in [0.15, 0.2) is 0 Å². The largest absolute Gasteiger partial charge is 0.480 e. The first-order valence-electron chi connectivity index (χ1n) is 8.28. The van der Waals surface area contributed by atoms with E-state index in [0.717, 1.165) is 25.7 Å². The number of rotatable bonds is 8. The normalized spacial score (nSPS) is 24.7. The average molecular weight is 294 g/mol. The molecule has 1 N–H and O–H groups in total. The summed E-state index contributed by atoms with van der Waals surface area (Å²) in [5.74, 6) is -0.0272. The molecule has 0 bridgehead atoms. The van der Waals surface area contributed by atoms with E-state index in [2.05, 4.69) is 11.8 Å². The molecule has 5 heteroatoms. The molecule has 118 valence electrons. The first kappa shape index (κ1) is 14.8. The minimum Gasteiger partial charge on any atom is -0.480 e. The Morgan fingerprint density at radius 1 is 1.05 bits per heavy atom. The molecule has 21 heavy (non-hydrogen) atoms. The van der Waals surface area contributed by atoms with Crippen LogP contribution < -0.4 is 0 Å². The minimum atomic E-state index is -0.831. The third-order valence-corrected chi connectivity index (χ3v) is 5.16. The maximum Gasteiger partial charge on any atom is 0.320 e. The van der Waals surface area contributed by atoms with E-state index in [-0.39, 0.29) is 18.5 Å². The molecule has 3 rings (SSSR count). The van der Waals surface area contributed by atoms with Crippen molar-refractivity contribution >= 4 is 11.9 Å².